The lowest BCUT2D eigenvalue weighted by Crippen LogP contribution is -2.15. The maximum atomic E-state index is 12.4. The first-order chi connectivity index (χ1) is 11.1. The third-order valence-corrected chi connectivity index (χ3v) is 3.57. The highest BCUT2D eigenvalue weighted by atomic mass is 35.5. The third kappa shape index (κ3) is 3.55. The minimum atomic E-state index is -0.260. The summed E-state index contributed by atoms with van der Waals surface area (Å²) in [5, 5.41) is 3.36. The molecule has 0 spiro atoms. The largest absolute Gasteiger partial charge is 0.322 e. The van der Waals surface area contributed by atoms with Crippen molar-refractivity contribution < 1.29 is 4.79 Å². The summed E-state index contributed by atoms with van der Waals surface area (Å²) in [5.74, 6) is 0.340. The molecule has 2 aromatic carbocycles. The Morgan fingerprint density at radius 2 is 1.87 bits per heavy atom. The van der Waals surface area contributed by atoms with E-state index in [1.807, 2.05) is 30.3 Å². The summed E-state index contributed by atoms with van der Waals surface area (Å²) in [4.78, 5) is 21.1. The van der Waals surface area contributed by atoms with Crippen LogP contribution in [0.3, 0.4) is 0 Å². The zero-order valence-electron chi connectivity index (χ0n) is 12.5. The van der Waals surface area contributed by atoms with Crippen LogP contribution in [-0.4, -0.2) is 15.9 Å². The molecule has 5 heteroatoms. The van der Waals surface area contributed by atoms with Gasteiger partial charge >= 0.3 is 0 Å². The van der Waals surface area contributed by atoms with Gasteiger partial charge in [-0.2, -0.15) is 0 Å². The van der Waals surface area contributed by atoms with E-state index in [1.54, 1.807) is 37.4 Å². The first kappa shape index (κ1) is 15.2. The second kappa shape index (κ2) is 6.58. The van der Waals surface area contributed by atoms with Crippen molar-refractivity contribution >= 4 is 23.2 Å². The zero-order chi connectivity index (χ0) is 16.2. The molecule has 3 rings (SSSR count). The van der Waals surface area contributed by atoms with Gasteiger partial charge in [0.15, 0.2) is 5.82 Å². The van der Waals surface area contributed by atoms with Gasteiger partial charge in [0, 0.05) is 22.5 Å². The van der Waals surface area contributed by atoms with Crippen LogP contribution in [0.5, 0.6) is 0 Å². The zero-order valence-corrected chi connectivity index (χ0v) is 13.2. The Morgan fingerprint density at radius 1 is 1.09 bits per heavy atom. The van der Waals surface area contributed by atoms with Gasteiger partial charge in [0.2, 0.25) is 0 Å². The number of halogens is 1. The molecule has 0 bridgehead atoms. The Labute approximate surface area is 139 Å². The number of anilines is 1. The fourth-order valence-electron chi connectivity index (χ4n) is 2.18. The van der Waals surface area contributed by atoms with E-state index in [0.29, 0.717) is 27.8 Å². The Bertz CT molecular complexity index is 850. The molecule has 0 atom stereocenters. The summed E-state index contributed by atoms with van der Waals surface area (Å²) in [6.45, 7) is 1.79. The normalized spacial score (nSPS) is 10.3. The van der Waals surface area contributed by atoms with Crippen molar-refractivity contribution in [1.29, 1.82) is 0 Å². The smallest absolute Gasteiger partial charge is 0.259 e. The fraction of sp³-hybridized carbons (Fsp3) is 0.0556. The van der Waals surface area contributed by atoms with Crippen molar-refractivity contribution in [3.05, 3.63) is 77.1 Å². The number of carbonyl (C=O) groups excluding carboxylic acids is 1. The maximum absolute atomic E-state index is 12.4. The lowest BCUT2D eigenvalue weighted by molar-refractivity contribution is 0.102. The van der Waals surface area contributed by atoms with Crippen LogP contribution in [0.25, 0.3) is 11.4 Å². The molecule has 1 aromatic heterocycles. The second-order valence-electron chi connectivity index (χ2n) is 5.02. The van der Waals surface area contributed by atoms with Gasteiger partial charge in [0.1, 0.15) is 0 Å². The van der Waals surface area contributed by atoms with Crippen molar-refractivity contribution in [3.63, 3.8) is 0 Å². The van der Waals surface area contributed by atoms with Crippen molar-refractivity contribution in [2.45, 2.75) is 6.92 Å². The maximum Gasteiger partial charge on any atom is 0.259 e. The van der Waals surface area contributed by atoms with E-state index < -0.39 is 0 Å². The number of hydrogen-bond donors (Lipinski definition) is 1. The molecule has 0 aliphatic rings. The van der Waals surface area contributed by atoms with Gasteiger partial charge < -0.3 is 5.32 Å². The number of nitrogens with one attached hydrogen (secondary N) is 1. The predicted molar refractivity (Wildman–Crippen MR) is 91.6 cm³/mol. The molecule has 0 fully saturated rings. The summed E-state index contributed by atoms with van der Waals surface area (Å²) in [7, 11) is 0. The number of aromatic nitrogens is 2. The summed E-state index contributed by atoms with van der Waals surface area (Å²) in [6, 6.07) is 16.6. The lowest BCUT2D eigenvalue weighted by atomic mass is 10.2. The van der Waals surface area contributed by atoms with Crippen LogP contribution in [0.2, 0.25) is 5.02 Å². The molecule has 0 radical (unpaired) electrons. The second-order valence-corrected chi connectivity index (χ2v) is 5.46. The number of rotatable bonds is 3. The van der Waals surface area contributed by atoms with Crippen LogP contribution in [0, 0.1) is 6.92 Å². The lowest BCUT2D eigenvalue weighted by Gasteiger charge is -2.08. The summed E-state index contributed by atoms with van der Waals surface area (Å²) >= 11 is 5.92. The van der Waals surface area contributed by atoms with Crippen LogP contribution in [0.15, 0.2) is 60.8 Å². The topological polar surface area (TPSA) is 54.9 Å². The average Bonchev–Trinajstić information content (AvgIpc) is 2.55. The molecule has 1 amide bonds. The molecule has 0 saturated heterocycles. The van der Waals surface area contributed by atoms with Crippen LogP contribution < -0.4 is 5.32 Å². The van der Waals surface area contributed by atoms with E-state index in [0.717, 1.165) is 5.56 Å². The first-order valence-electron chi connectivity index (χ1n) is 7.09. The molecule has 0 aliphatic carbocycles. The van der Waals surface area contributed by atoms with Gasteiger partial charge in [0.05, 0.1) is 11.3 Å². The van der Waals surface area contributed by atoms with E-state index >= 15 is 0 Å². The highest BCUT2D eigenvalue weighted by Crippen LogP contribution is 2.18. The van der Waals surface area contributed by atoms with Gasteiger partial charge in [-0.3, -0.25) is 4.79 Å². The van der Waals surface area contributed by atoms with Gasteiger partial charge in [0.25, 0.3) is 5.91 Å². The number of aryl methyl sites for hydroxylation is 1. The Kier molecular flexibility index (Phi) is 4.35. The highest BCUT2D eigenvalue weighted by molar-refractivity contribution is 6.31. The number of carbonyl (C=O) groups is 1. The predicted octanol–water partition coefficient (Wildman–Crippen LogP) is 4.36. The van der Waals surface area contributed by atoms with E-state index in [4.69, 9.17) is 11.6 Å². The Hall–Kier alpha value is -2.72. The van der Waals surface area contributed by atoms with E-state index in [1.165, 1.54) is 0 Å². The highest BCUT2D eigenvalue weighted by Gasteiger charge is 2.13. The third-order valence-electron chi connectivity index (χ3n) is 3.34. The van der Waals surface area contributed by atoms with Gasteiger partial charge in [-0.25, -0.2) is 9.97 Å². The molecule has 114 valence electrons. The number of hydrogen-bond acceptors (Lipinski definition) is 3. The quantitative estimate of drug-likeness (QED) is 0.779. The summed E-state index contributed by atoms with van der Waals surface area (Å²) in [5.41, 5.74) is 2.61. The van der Waals surface area contributed by atoms with Gasteiger partial charge in [-0.1, -0.05) is 48.0 Å². The van der Waals surface area contributed by atoms with E-state index in [-0.39, 0.29) is 5.91 Å². The monoisotopic (exact) mass is 323 g/mol. The number of amides is 1. The number of nitrogens with zero attached hydrogens (tertiary/aromatic N) is 2. The van der Waals surface area contributed by atoms with Crippen LogP contribution in [0.4, 0.5) is 5.69 Å². The summed E-state index contributed by atoms with van der Waals surface area (Å²) in [6.07, 6.45) is 1.55. The molecule has 1 N–H and O–H groups in total. The average molecular weight is 324 g/mol. The van der Waals surface area contributed by atoms with E-state index in [2.05, 4.69) is 15.3 Å². The van der Waals surface area contributed by atoms with Crippen molar-refractivity contribution in [1.82, 2.24) is 9.97 Å². The fourth-order valence-corrected chi connectivity index (χ4v) is 2.37. The molecule has 0 unspecified atom stereocenters. The molecule has 0 aliphatic heterocycles. The molecule has 0 saturated carbocycles. The molecule has 1 heterocycles. The minimum absolute atomic E-state index is 0.260. The Morgan fingerprint density at radius 3 is 2.57 bits per heavy atom. The van der Waals surface area contributed by atoms with Gasteiger partial charge in [-0.15, -0.1) is 0 Å². The SMILES string of the molecule is Cc1nc(-c2ccccc2)ncc1C(=O)Nc1cccc(Cl)c1. The standard InChI is InChI=1S/C18H14ClN3O/c1-12-16(18(23)22-15-9-5-8-14(19)10-15)11-20-17(21-12)13-6-3-2-4-7-13/h2-11H,1H3,(H,22,23). The molecular formula is C18H14ClN3O. The van der Waals surface area contributed by atoms with Crippen LogP contribution >= 0.6 is 11.6 Å². The molecule has 4 nitrogen and oxygen atoms in total. The van der Waals surface area contributed by atoms with Gasteiger partial charge in [-0.05, 0) is 25.1 Å². The van der Waals surface area contributed by atoms with Crippen molar-refractivity contribution in [2.24, 2.45) is 0 Å². The van der Waals surface area contributed by atoms with Crippen LogP contribution in [-0.2, 0) is 0 Å². The molecule has 23 heavy (non-hydrogen) atoms. The van der Waals surface area contributed by atoms with Crippen LogP contribution in [0.1, 0.15) is 16.1 Å². The van der Waals surface area contributed by atoms with E-state index in [9.17, 15) is 4.79 Å². The minimum Gasteiger partial charge on any atom is -0.322 e. The van der Waals surface area contributed by atoms with Crippen molar-refractivity contribution in [3.8, 4) is 11.4 Å². The number of benzene rings is 2. The van der Waals surface area contributed by atoms with Crippen molar-refractivity contribution in [2.75, 3.05) is 5.32 Å². The first-order valence-corrected chi connectivity index (χ1v) is 7.47. The molecular weight excluding hydrogens is 310 g/mol. The summed E-state index contributed by atoms with van der Waals surface area (Å²) < 4.78 is 0. The molecule has 3 aromatic rings. The Balaban J connectivity index is 1.84.